The van der Waals surface area contributed by atoms with Crippen molar-refractivity contribution in [2.45, 2.75) is 6.18 Å². The summed E-state index contributed by atoms with van der Waals surface area (Å²) in [5.74, 6) is -2.59. The molecule has 0 atom stereocenters. The van der Waals surface area contributed by atoms with Crippen LogP contribution in [0.3, 0.4) is 0 Å². The van der Waals surface area contributed by atoms with Crippen molar-refractivity contribution in [3.63, 3.8) is 0 Å². The lowest BCUT2D eigenvalue weighted by molar-refractivity contribution is -0.0882. The largest absolute Gasteiger partial charge is 0.455 e. The zero-order valence-electron chi connectivity index (χ0n) is 10.9. The lowest BCUT2D eigenvalue weighted by Crippen LogP contribution is -2.22. The number of thiophene rings is 1. The average molecular weight is 324 g/mol. The third-order valence-electron chi connectivity index (χ3n) is 3.19. The Bertz CT molecular complexity index is 850. The molecule has 0 fully saturated rings. The number of alkyl halides is 3. The fourth-order valence-corrected chi connectivity index (χ4v) is 3.45. The quantitative estimate of drug-likeness (QED) is 0.452. The van der Waals surface area contributed by atoms with Gasteiger partial charge in [0.15, 0.2) is 0 Å². The molecule has 112 valence electrons. The van der Waals surface area contributed by atoms with E-state index in [0.29, 0.717) is 22.3 Å². The Morgan fingerprint density at radius 3 is 2.27 bits per heavy atom. The zero-order valence-corrected chi connectivity index (χ0v) is 11.8. The second kappa shape index (κ2) is 5.21. The zero-order chi connectivity index (χ0) is 15.9. The Balaban J connectivity index is 2.37. The Labute approximate surface area is 126 Å². The van der Waals surface area contributed by atoms with Crippen molar-refractivity contribution < 1.29 is 22.4 Å². The Morgan fingerprint density at radius 2 is 1.64 bits per heavy atom. The molecule has 0 saturated carbocycles. The van der Waals surface area contributed by atoms with Gasteiger partial charge in [0.2, 0.25) is 0 Å². The minimum absolute atomic E-state index is 0.0500. The van der Waals surface area contributed by atoms with Crippen molar-refractivity contribution in [1.29, 1.82) is 0 Å². The lowest BCUT2D eigenvalue weighted by atomic mass is 10.0. The monoisotopic (exact) mass is 324 g/mol. The molecule has 0 bridgehead atoms. The van der Waals surface area contributed by atoms with Crippen molar-refractivity contribution in [3.8, 4) is 11.1 Å². The molecule has 0 aliphatic carbocycles. The van der Waals surface area contributed by atoms with Gasteiger partial charge in [-0.05, 0) is 11.6 Å². The third-order valence-corrected chi connectivity index (χ3v) is 4.41. The Hall–Kier alpha value is -2.21. The van der Waals surface area contributed by atoms with Crippen LogP contribution in [0.25, 0.3) is 21.2 Å². The summed E-state index contributed by atoms with van der Waals surface area (Å²) in [6.45, 7) is 0. The van der Waals surface area contributed by atoms with E-state index in [4.69, 9.17) is 0 Å². The molecule has 3 rings (SSSR count). The van der Waals surface area contributed by atoms with Gasteiger partial charge in [0, 0.05) is 10.9 Å². The van der Waals surface area contributed by atoms with Gasteiger partial charge in [-0.25, -0.2) is 4.39 Å². The first-order valence-corrected chi connectivity index (χ1v) is 7.09. The number of halogens is 4. The molecular weight excluding hydrogens is 316 g/mol. The second-order valence-corrected chi connectivity index (χ2v) is 5.64. The summed E-state index contributed by atoms with van der Waals surface area (Å²) in [6, 6.07) is 12.3. The van der Waals surface area contributed by atoms with E-state index in [2.05, 4.69) is 0 Å². The summed E-state index contributed by atoms with van der Waals surface area (Å²) in [4.78, 5) is 11.2. The van der Waals surface area contributed by atoms with Gasteiger partial charge in [-0.1, -0.05) is 42.5 Å². The summed E-state index contributed by atoms with van der Waals surface area (Å²) in [5, 5.41) is 0.309. The molecule has 1 heterocycles. The van der Waals surface area contributed by atoms with Crippen LogP contribution in [0.2, 0.25) is 0 Å². The van der Waals surface area contributed by atoms with Crippen LogP contribution in [0.4, 0.5) is 17.6 Å². The number of ketones is 1. The summed E-state index contributed by atoms with van der Waals surface area (Å²) in [6.07, 6.45) is -5.00. The van der Waals surface area contributed by atoms with Gasteiger partial charge in [0.25, 0.3) is 5.78 Å². The Morgan fingerprint density at radius 1 is 0.955 bits per heavy atom. The number of carbonyl (C=O) groups is 1. The van der Waals surface area contributed by atoms with Crippen LogP contribution in [0.1, 0.15) is 9.67 Å². The van der Waals surface area contributed by atoms with E-state index in [1.807, 2.05) is 0 Å². The van der Waals surface area contributed by atoms with Crippen LogP contribution in [-0.4, -0.2) is 12.0 Å². The first-order chi connectivity index (χ1) is 10.4. The van der Waals surface area contributed by atoms with Crippen LogP contribution in [0, 0.1) is 5.82 Å². The molecule has 6 heteroatoms. The van der Waals surface area contributed by atoms with Crippen LogP contribution in [0.5, 0.6) is 0 Å². The van der Waals surface area contributed by atoms with Crippen molar-refractivity contribution in [2.24, 2.45) is 0 Å². The minimum Gasteiger partial charge on any atom is -0.283 e. The second-order valence-electron chi connectivity index (χ2n) is 4.62. The molecule has 0 radical (unpaired) electrons. The summed E-state index contributed by atoms with van der Waals surface area (Å²) >= 11 is 0.536. The van der Waals surface area contributed by atoms with Crippen molar-refractivity contribution in [3.05, 3.63) is 59.2 Å². The standard InChI is InChI=1S/C16H8F4OS/c17-11-8-4-7-10-12(9-5-2-1-3-6-9)14(22-13(10)11)15(21)16(18,19)20/h1-8H. The van der Waals surface area contributed by atoms with Crippen molar-refractivity contribution in [2.75, 3.05) is 0 Å². The first-order valence-electron chi connectivity index (χ1n) is 6.27. The topological polar surface area (TPSA) is 17.1 Å². The van der Waals surface area contributed by atoms with Gasteiger partial charge in [0.05, 0.1) is 9.58 Å². The van der Waals surface area contributed by atoms with E-state index in [-0.39, 0.29) is 10.3 Å². The van der Waals surface area contributed by atoms with E-state index >= 15 is 0 Å². The Kier molecular flexibility index (Phi) is 3.48. The summed E-state index contributed by atoms with van der Waals surface area (Å²) in [5.41, 5.74) is 0.578. The number of hydrogen-bond acceptors (Lipinski definition) is 2. The molecule has 0 amide bonds. The molecule has 0 unspecified atom stereocenters. The highest BCUT2D eigenvalue weighted by molar-refractivity contribution is 7.21. The van der Waals surface area contributed by atoms with E-state index in [9.17, 15) is 22.4 Å². The van der Waals surface area contributed by atoms with Gasteiger partial charge in [-0.15, -0.1) is 11.3 Å². The number of benzene rings is 2. The number of rotatable bonds is 2. The van der Waals surface area contributed by atoms with Crippen LogP contribution in [0.15, 0.2) is 48.5 Å². The number of Topliss-reactive ketones (excluding diaryl/α,β-unsaturated/α-hetero) is 1. The molecule has 3 aromatic rings. The summed E-state index contributed by atoms with van der Waals surface area (Å²) < 4.78 is 52.4. The maximum absolute atomic E-state index is 13.9. The van der Waals surface area contributed by atoms with E-state index in [1.54, 1.807) is 30.3 Å². The fraction of sp³-hybridized carbons (Fsp3) is 0.0625. The van der Waals surface area contributed by atoms with Crippen LogP contribution >= 0.6 is 11.3 Å². The van der Waals surface area contributed by atoms with E-state index in [1.165, 1.54) is 12.1 Å². The highest BCUT2D eigenvalue weighted by Gasteiger charge is 2.42. The highest BCUT2D eigenvalue weighted by atomic mass is 32.1. The van der Waals surface area contributed by atoms with Gasteiger partial charge in [-0.3, -0.25) is 4.79 Å². The minimum atomic E-state index is -5.00. The lowest BCUT2D eigenvalue weighted by Gasteiger charge is -2.07. The molecular formula is C16H8F4OS. The van der Waals surface area contributed by atoms with Gasteiger partial charge in [-0.2, -0.15) is 13.2 Å². The van der Waals surface area contributed by atoms with E-state index in [0.717, 1.165) is 6.07 Å². The van der Waals surface area contributed by atoms with Crippen LogP contribution in [-0.2, 0) is 0 Å². The number of fused-ring (bicyclic) bond motifs is 1. The van der Waals surface area contributed by atoms with Gasteiger partial charge >= 0.3 is 6.18 Å². The molecule has 0 spiro atoms. The van der Waals surface area contributed by atoms with Crippen molar-refractivity contribution in [1.82, 2.24) is 0 Å². The molecule has 1 nitrogen and oxygen atoms in total. The third kappa shape index (κ3) is 2.39. The maximum Gasteiger partial charge on any atom is 0.455 e. The molecule has 0 aliphatic rings. The maximum atomic E-state index is 13.9. The van der Waals surface area contributed by atoms with Crippen LogP contribution < -0.4 is 0 Å². The fourth-order valence-electron chi connectivity index (χ4n) is 2.26. The summed E-state index contributed by atoms with van der Waals surface area (Å²) in [7, 11) is 0. The van der Waals surface area contributed by atoms with Gasteiger partial charge < -0.3 is 0 Å². The molecule has 1 aromatic heterocycles. The first kappa shape index (κ1) is 14.7. The smallest absolute Gasteiger partial charge is 0.283 e. The highest BCUT2D eigenvalue weighted by Crippen LogP contribution is 2.42. The SMILES string of the molecule is O=C(c1sc2c(F)cccc2c1-c1ccccc1)C(F)(F)F. The molecule has 0 aliphatic heterocycles. The molecule has 0 saturated heterocycles. The predicted molar refractivity (Wildman–Crippen MR) is 77.6 cm³/mol. The van der Waals surface area contributed by atoms with E-state index < -0.39 is 22.7 Å². The molecule has 22 heavy (non-hydrogen) atoms. The molecule has 2 aromatic carbocycles. The molecule has 0 N–H and O–H groups in total. The van der Waals surface area contributed by atoms with Gasteiger partial charge in [0.1, 0.15) is 5.82 Å². The average Bonchev–Trinajstić information content (AvgIpc) is 2.87. The van der Waals surface area contributed by atoms with Crippen molar-refractivity contribution >= 4 is 27.2 Å². The number of hydrogen-bond donors (Lipinski definition) is 0. The number of carbonyl (C=O) groups excluding carboxylic acids is 1. The predicted octanol–water partition coefficient (Wildman–Crippen LogP) is 5.45. The normalized spacial score (nSPS) is 11.8.